The summed E-state index contributed by atoms with van der Waals surface area (Å²) in [6, 6.07) is 4.15. The molecule has 0 radical (unpaired) electrons. The Morgan fingerprint density at radius 1 is 1.21 bits per heavy atom. The number of amides is 2. The van der Waals surface area contributed by atoms with Crippen LogP contribution in [-0.4, -0.2) is 41.8 Å². The summed E-state index contributed by atoms with van der Waals surface area (Å²) >= 11 is 0. The average Bonchev–Trinajstić information content (AvgIpc) is 2.29. The number of nitro benzene ring substituents is 1. The summed E-state index contributed by atoms with van der Waals surface area (Å²) < 4.78 is 0. The molecule has 0 aliphatic carbocycles. The molecule has 19 heavy (non-hydrogen) atoms. The van der Waals surface area contributed by atoms with Gasteiger partial charge in [-0.15, -0.1) is 0 Å². The summed E-state index contributed by atoms with van der Waals surface area (Å²) in [5.41, 5.74) is 0.800. The smallest absolute Gasteiger partial charge is 0.271 e. The summed E-state index contributed by atoms with van der Waals surface area (Å²) in [6.07, 6.45) is 0. The summed E-state index contributed by atoms with van der Waals surface area (Å²) in [5, 5.41) is 10.8. The van der Waals surface area contributed by atoms with Crippen molar-refractivity contribution in [1.29, 1.82) is 0 Å². The number of non-ortho nitro benzene ring substituents is 1. The first-order valence-electron chi connectivity index (χ1n) is 5.69. The van der Waals surface area contributed by atoms with Gasteiger partial charge in [0, 0.05) is 12.1 Å². The molecule has 1 aliphatic heterocycles. The van der Waals surface area contributed by atoms with Gasteiger partial charge in [0.05, 0.1) is 23.7 Å². The van der Waals surface area contributed by atoms with E-state index in [2.05, 4.69) is 0 Å². The van der Waals surface area contributed by atoms with E-state index in [0.717, 1.165) is 4.90 Å². The zero-order chi connectivity index (χ0) is 14.2. The van der Waals surface area contributed by atoms with Gasteiger partial charge in [0.15, 0.2) is 0 Å². The topological polar surface area (TPSA) is 83.8 Å². The Balaban J connectivity index is 2.45. The Kier molecular flexibility index (Phi) is 3.30. The van der Waals surface area contributed by atoms with E-state index in [1.165, 1.54) is 18.2 Å². The summed E-state index contributed by atoms with van der Waals surface area (Å²) in [6.45, 7) is 1.94. The number of imide groups is 1. The number of hydrogen-bond donors (Lipinski definition) is 0. The number of carbonyl (C=O) groups is 2. The SMILES string of the molecule is Cc1ccc([N+](=O)[O-])cc1N1C(=O)CN(C)CC1=O. The zero-order valence-corrected chi connectivity index (χ0v) is 10.6. The van der Waals surface area contributed by atoms with Crippen molar-refractivity contribution in [3.63, 3.8) is 0 Å². The van der Waals surface area contributed by atoms with Crippen LogP contribution in [-0.2, 0) is 9.59 Å². The second-order valence-corrected chi connectivity index (χ2v) is 4.52. The maximum absolute atomic E-state index is 11.9. The third kappa shape index (κ3) is 2.45. The van der Waals surface area contributed by atoms with E-state index in [4.69, 9.17) is 0 Å². The van der Waals surface area contributed by atoms with Gasteiger partial charge in [0.25, 0.3) is 5.69 Å². The number of likely N-dealkylation sites (N-methyl/N-ethyl adjacent to an activating group) is 1. The van der Waals surface area contributed by atoms with Gasteiger partial charge < -0.3 is 0 Å². The quantitative estimate of drug-likeness (QED) is 0.445. The molecule has 0 unspecified atom stereocenters. The van der Waals surface area contributed by atoms with E-state index in [0.29, 0.717) is 5.56 Å². The fourth-order valence-corrected chi connectivity index (χ4v) is 2.02. The molecule has 1 aliphatic rings. The minimum atomic E-state index is -0.548. The number of nitro groups is 1. The first-order chi connectivity index (χ1) is 8.90. The second-order valence-electron chi connectivity index (χ2n) is 4.52. The standard InChI is InChI=1S/C12H13N3O4/c1-8-3-4-9(15(18)19)5-10(8)14-11(16)6-13(2)7-12(14)17/h3-5H,6-7H2,1-2H3. The molecule has 0 aromatic heterocycles. The van der Waals surface area contributed by atoms with Crippen LogP contribution < -0.4 is 4.90 Å². The molecule has 1 saturated heterocycles. The molecular weight excluding hydrogens is 250 g/mol. The number of hydrogen-bond acceptors (Lipinski definition) is 5. The van der Waals surface area contributed by atoms with Crippen LogP contribution in [0.5, 0.6) is 0 Å². The van der Waals surface area contributed by atoms with Gasteiger partial charge in [-0.05, 0) is 19.5 Å². The molecular formula is C12H13N3O4. The van der Waals surface area contributed by atoms with Crippen molar-refractivity contribution >= 4 is 23.2 Å². The first-order valence-corrected chi connectivity index (χ1v) is 5.69. The normalized spacial score (nSPS) is 16.8. The Bertz CT molecular complexity index is 552. The molecule has 0 bridgehead atoms. The van der Waals surface area contributed by atoms with Gasteiger partial charge >= 0.3 is 0 Å². The van der Waals surface area contributed by atoms with Crippen molar-refractivity contribution in [2.45, 2.75) is 6.92 Å². The number of aryl methyl sites for hydroxylation is 1. The second kappa shape index (κ2) is 4.77. The zero-order valence-electron chi connectivity index (χ0n) is 10.6. The Morgan fingerprint density at radius 2 is 1.79 bits per heavy atom. The molecule has 2 amide bonds. The van der Waals surface area contributed by atoms with Crippen LogP contribution in [0.25, 0.3) is 0 Å². The molecule has 7 heteroatoms. The third-order valence-electron chi connectivity index (χ3n) is 2.95. The molecule has 0 N–H and O–H groups in total. The molecule has 1 aromatic rings. The van der Waals surface area contributed by atoms with Gasteiger partial charge in [-0.25, -0.2) is 4.90 Å². The van der Waals surface area contributed by atoms with Crippen molar-refractivity contribution in [2.24, 2.45) is 0 Å². The molecule has 1 aromatic carbocycles. The van der Waals surface area contributed by atoms with Crippen LogP contribution in [0.1, 0.15) is 5.56 Å². The lowest BCUT2D eigenvalue weighted by atomic mass is 10.1. The van der Waals surface area contributed by atoms with Crippen LogP contribution in [0.2, 0.25) is 0 Å². The maximum atomic E-state index is 11.9. The predicted molar refractivity (Wildman–Crippen MR) is 67.8 cm³/mol. The van der Waals surface area contributed by atoms with Gasteiger partial charge in [0.1, 0.15) is 0 Å². The predicted octanol–water partition coefficient (Wildman–Crippen LogP) is 0.708. The van der Waals surface area contributed by atoms with E-state index >= 15 is 0 Å². The molecule has 1 fully saturated rings. The van der Waals surface area contributed by atoms with Crippen LogP contribution in [0.4, 0.5) is 11.4 Å². The molecule has 1 heterocycles. The molecule has 100 valence electrons. The lowest BCUT2D eigenvalue weighted by Gasteiger charge is -2.30. The van der Waals surface area contributed by atoms with Crippen molar-refractivity contribution in [3.05, 3.63) is 33.9 Å². The molecule has 0 spiro atoms. The lowest BCUT2D eigenvalue weighted by molar-refractivity contribution is -0.384. The average molecular weight is 263 g/mol. The number of benzene rings is 1. The van der Waals surface area contributed by atoms with E-state index in [9.17, 15) is 19.7 Å². The Morgan fingerprint density at radius 3 is 2.32 bits per heavy atom. The highest BCUT2D eigenvalue weighted by molar-refractivity contribution is 6.18. The highest BCUT2D eigenvalue weighted by Gasteiger charge is 2.32. The lowest BCUT2D eigenvalue weighted by Crippen LogP contribution is -2.53. The summed E-state index contributed by atoms with van der Waals surface area (Å²) in [5.74, 6) is -0.746. The van der Waals surface area contributed by atoms with Crippen molar-refractivity contribution in [1.82, 2.24) is 4.90 Å². The summed E-state index contributed by atoms with van der Waals surface area (Å²) in [4.78, 5) is 36.7. The fourth-order valence-electron chi connectivity index (χ4n) is 2.02. The van der Waals surface area contributed by atoms with Crippen molar-refractivity contribution in [2.75, 3.05) is 25.0 Å². The Hall–Kier alpha value is -2.28. The van der Waals surface area contributed by atoms with Gasteiger partial charge in [-0.3, -0.25) is 24.6 Å². The van der Waals surface area contributed by atoms with Crippen LogP contribution in [0.3, 0.4) is 0 Å². The van der Waals surface area contributed by atoms with Crippen LogP contribution in [0, 0.1) is 17.0 Å². The maximum Gasteiger partial charge on any atom is 0.271 e. The fraction of sp³-hybridized carbons (Fsp3) is 0.333. The highest BCUT2D eigenvalue weighted by Crippen LogP contribution is 2.27. The molecule has 2 rings (SSSR count). The number of piperazine rings is 1. The van der Waals surface area contributed by atoms with Crippen LogP contribution >= 0.6 is 0 Å². The van der Waals surface area contributed by atoms with Gasteiger partial charge in [-0.1, -0.05) is 6.07 Å². The minimum Gasteiger partial charge on any atom is -0.289 e. The third-order valence-corrected chi connectivity index (χ3v) is 2.95. The number of nitrogens with zero attached hydrogens (tertiary/aromatic N) is 3. The number of carbonyl (C=O) groups excluding carboxylic acids is 2. The van der Waals surface area contributed by atoms with Crippen molar-refractivity contribution < 1.29 is 14.5 Å². The minimum absolute atomic E-state index is 0.119. The van der Waals surface area contributed by atoms with Crippen LogP contribution in [0.15, 0.2) is 18.2 Å². The van der Waals surface area contributed by atoms with Gasteiger partial charge in [0.2, 0.25) is 11.8 Å². The van der Waals surface area contributed by atoms with E-state index in [1.54, 1.807) is 18.9 Å². The summed E-state index contributed by atoms with van der Waals surface area (Å²) in [7, 11) is 1.67. The molecule has 0 saturated carbocycles. The molecule has 0 atom stereocenters. The monoisotopic (exact) mass is 263 g/mol. The van der Waals surface area contributed by atoms with Gasteiger partial charge in [-0.2, -0.15) is 0 Å². The number of rotatable bonds is 2. The number of anilines is 1. The van der Waals surface area contributed by atoms with Crippen molar-refractivity contribution in [3.8, 4) is 0 Å². The van der Waals surface area contributed by atoms with E-state index in [-0.39, 0.29) is 36.3 Å². The Labute approximate surface area is 109 Å². The van der Waals surface area contributed by atoms with E-state index < -0.39 is 4.92 Å². The first kappa shape index (κ1) is 13.2. The highest BCUT2D eigenvalue weighted by atomic mass is 16.6. The largest absolute Gasteiger partial charge is 0.289 e. The van der Waals surface area contributed by atoms with E-state index in [1.807, 2.05) is 0 Å². The molecule has 7 nitrogen and oxygen atoms in total.